The monoisotopic (exact) mass is 567 g/mol. The van der Waals surface area contributed by atoms with E-state index in [-0.39, 0.29) is 30.6 Å². The standard InChI is InChI=1S/C31H41N3O7/c1-32-29(35)14-16-38-18-20-40-22-23-41-21-19-39-17-15-33-30(36)12-13-31(37)34-24-27-8-3-2-6-25(27)10-11-26-7-4-5-9-28(26)34/h2-11H,12-24H2,1H3,(H,32,35)(H,33,36)/b11-10-. The van der Waals surface area contributed by atoms with E-state index >= 15 is 0 Å². The molecule has 2 N–H and O–H groups in total. The molecule has 222 valence electrons. The van der Waals surface area contributed by atoms with Crippen LogP contribution in [-0.4, -0.2) is 84.2 Å². The highest BCUT2D eigenvalue weighted by Gasteiger charge is 2.21. The molecule has 0 aliphatic carbocycles. The summed E-state index contributed by atoms with van der Waals surface area (Å²) in [7, 11) is 1.59. The van der Waals surface area contributed by atoms with Crippen LogP contribution in [-0.2, 0) is 39.9 Å². The number of rotatable bonds is 18. The maximum absolute atomic E-state index is 13.2. The number of amides is 3. The van der Waals surface area contributed by atoms with Crippen molar-refractivity contribution in [1.29, 1.82) is 0 Å². The molecular weight excluding hydrogens is 526 g/mol. The zero-order chi connectivity index (χ0) is 29.1. The average Bonchev–Trinajstić information content (AvgIpc) is 2.98. The summed E-state index contributed by atoms with van der Waals surface area (Å²) in [4.78, 5) is 38.4. The molecule has 10 heteroatoms. The number of nitrogens with zero attached hydrogens (tertiary/aromatic N) is 1. The van der Waals surface area contributed by atoms with E-state index in [2.05, 4.69) is 16.7 Å². The molecule has 1 aliphatic heterocycles. The third kappa shape index (κ3) is 11.8. The van der Waals surface area contributed by atoms with Crippen LogP contribution in [0.2, 0.25) is 0 Å². The van der Waals surface area contributed by atoms with Crippen LogP contribution in [0, 0.1) is 0 Å². The van der Waals surface area contributed by atoms with Gasteiger partial charge in [0.1, 0.15) is 0 Å². The summed E-state index contributed by atoms with van der Waals surface area (Å²) in [6, 6.07) is 15.8. The Bertz CT molecular complexity index is 1140. The minimum Gasteiger partial charge on any atom is -0.379 e. The normalized spacial score (nSPS) is 13.0. The Morgan fingerprint density at radius 3 is 1.98 bits per heavy atom. The zero-order valence-corrected chi connectivity index (χ0v) is 23.8. The molecule has 3 amide bonds. The summed E-state index contributed by atoms with van der Waals surface area (Å²) < 4.78 is 21.6. The highest BCUT2D eigenvalue weighted by Crippen LogP contribution is 2.29. The van der Waals surface area contributed by atoms with Crippen molar-refractivity contribution in [2.75, 3.05) is 71.3 Å². The predicted molar refractivity (Wildman–Crippen MR) is 157 cm³/mol. The fourth-order valence-electron chi connectivity index (χ4n) is 4.13. The SMILES string of the molecule is CNC(=O)CCOCCOCCOCCOCCNC(=O)CCC(=O)N1Cc2ccccc2/C=C\c2ccccc21. The van der Waals surface area contributed by atoms with E-state index in [0.717, 1.165) is 22.4 Å². The summed E-state index contributed by atoms with van der Waals surface area (Å²) in [5, 5.41) is 5.34. The second-order valence-electron chi connectivity index (χ2n) is 9.29. The zero-order valence-electron chi connectivity index (χ0n) is 23.8. The van der Waals surface area contributed by atoms with Crippen LogP contribution in [0.25, 0.3) is 12.2 Å². The second kappa shape index (κ2) is 18.7. The van der Waals surface area contributed by atoms with Gasteiger partial charge < -0.3 is 34.5 Å². The smallest absolute Gasteiger partial charge is 0.227 e. The van der Waals surface area contributed by atoms with Crippen molar-refractivity contribution in [3.63, 3.8) is 0 Å². The fraction of sp³-hybridized carbons (Fsp3) is 0.452. The van der Waals surface area contributed by atoms with Gasteiger partial charge in [0.15, 0.2) is 0 Å². The second-order valence-corrected chi connectivity index (χ2v) is 9.29. The van der Waals surface area contributed by atoms with Gasteiger partial charge in [0.05, 0.1) is 65.1 Å². The van der Waals surface area contributed by atoms with Gasteiger partial charge in [0.25, 0.3) is 0 Å². The molecule has 1 heterocycles. The Balaban J connectivity index is 1.23. The molecule has 2 aromatic carbocycles. The van der Waals surface area contributed by atoms with Crippen LogP contribution >= 0.6 is 0 Å². The summed E-state index contributed by atoms with van der Waals surface area (Å²) >= 11 is 0. The Kier molecular flexibility index (Phi) is 14.6. The molecule has 0 radical (unpaired) electrons. The van der Waals surface area contributed by atoms with E-state index in [4.69, 9.17) is 18.9 Å². The molecule has 10 nitrogen and oxygen atoms in total. The molecule has 0 saturated carbocycles. The van der Waals surface area contributed by atoms with Crippen LogP contribution in [0.3, 0.4) is 0 Å². The maximum atomic E-state index is 13.2. The van der Waals surface area contributed by atoms with Gasteiger partial charge in [0, 0.05) is 32.9 Å². The molecule has 0 bridgehead atoms. The first-order chi connectivity index (χ1) is 20.1. The lowest BCUT2D eigenvalue weighted by Crippen LogP contribution is -2.33. The van der Waals surface area contributed by atoms with Gasteiger partial charge in [-0.15, -0.1) is 0 Å². The maximum Gasteiger partial charge on any atom is 0.227 e. The van der Waals surface area contributed by atoms with Crippen LogP contribution in [0.15, 0.2) is 48.5 Å². The molecule has 0 atom stereocenters. The lowest BCUT2D eigenvalue weighted by atomic mass is 10.0. The van der Waals surface area contributed by atoms with Crippen molar-refractivity contribution in [2.45, 2.75) is 25.8 Å². The quantitative estimate of drug-likeness (QED) is 0.266. The lowest BCUT2D eigenvalue weighted by molar-refractivity contribution is -0.125. The number of carbonyl (C=O) groups excluding carboxylic acids is 3. The van der Waals surface area contributed by atoms with Gasteiger partial charge >= 0.3 is 0 Å². The van der Waals surface area contributed by atoms with Gasteiger partial charge in [-0.3, -0.25) is 14.4 Å². The summed E-state index contributed by atoms with van der Waals surface area (Å²) in [5.74, 6) is -0.330. The summed E-state index contributed by atoms with van der Waals surface area (Å²) in [5.41, 5.74) is 3.95. The van der Waals surface area contributed by atoms with Gasteiger partial charge in [-0.25, -0.2) is 0 Å². The van der Waals surface area contributed by atoms with Crippen LogP contribution in [0.5, 0.6) is 0 Å². The molecule has 2 aromatic rings. The number of para-hydroxylation sites is 1. The van der Waals surface area contributed by atoms with Crippen molar-refractivity contribution in [1.82, 2.24) is 10.6 Å². The van der Waals surface area contributed by atoms with Crippen molar-refractivity contribution < 1.29 is 33.3 Å². The molecule has 41 heavy (non-hydrogen) atoms. The van der Waals surface area contributed by atoms with Gasteiger partial charge in [-0.1, -0.05) is 54.6 Å². The lowest BCUT2D eigenvalue weighted by Gasteiger charge is -2.27. The first kappa shape index (κ1) is 32.0. The highest BCUT2D eigenvalue weighted by atomic mass is 16.6. The minimum atomic E-state index is -0.186. The van der Waals surface area contributed by atoms with E-state index < -0.39 is 0 Å². The number of hydrogen-bond donors (Lipinski definition) is 2. The number of carbonyl (C=O) groups is 3. The number of anilines is 1. The summed E-state index contributed by atoms with van der Waals surface area (Å²) in [6.45, 7) is 4.12. The Morgan fingerprint density at radius 2 is 1.27 bits per heavy atom. The van der Waals surface area contributed by atoms with Gasteiger partial charge in [-0.05, 0) is 22.8 Å². The van der Waals surface area contributed by atoms with Gasteiger partial charge in [-0.2, -0.15) is 0 Å². The van der Waals surface area contributed by atoms with E-state index in [1.165, 1.54) is 0 Å². The molecule has 0 unspecified atom stereocenters. The van der Waals surface area contributed by atoms with Crippen LogP contribution in [0.1, 0.15) is 36.0 Å². The fourth-order valence-corrected chi connectivity index (χ4v) is 4.13. The molecule has 0 aromatic heterocycles. The first-order valence-electron chi connectivity index (χ1n) is 14.0. The molecule has 0 saturated heterocycles. The Labute approximate surface area is 242 Å². The Morgan fingerprint density at radius 1 is 0.683 bits per heavy atom. The van der Waals surface area contributed by atoms with Crippen molar-refractivity contribution in [2.24, 2.45) is 0 Å². The molecule has 0 spiro atoms. The van der Waals surface area contributed by atoms with Crippen molar-refractivity contribution in [3.05, 3.63) is 65.2 Å². The number of ether oxygens (including phenoxy) is 4. The first-order valence-corrected chi connectivity index (χ1v) is 14.0. The number of hydrogen-bond acceptors (Lipinski definition) is 7. The number of benzene rings is 2. The van der Waals surface area contributed by atoms with Crippen molar-refractivity contribution >= 4 is 35.6 Å². The van der Waals surface area contributed by atoms with E-state index in [1.807, 2.05) is 54.6 Å². The Hall–Kier alpha value is -3.57. The highest BCUT2D eigenvalue weighted by molar-refractivity contribution is 5.98. The van der Waals surface area contributed by atoms with E-state index in [1.54, 1.807) is 11.9 Å². The minimum absolute atomic E-state index is 0.0498. The van der Waals surface area contributed by atoms with Crippen LogP contribution < -0.4 is 15.5 Å². The molecular formula is C31H41N3O7. The van der Waals surface area contributed by atoms with Gasteiger partial charge in [0.2, 0.25) is 17.7 Å². The third-order valence-corrected chi connectivity index (χ3v) is 6.36. The topological polar surface area (TPSA) is 115 Å². The molecule has 0 fully saturated rings. The molecule has 1 aliphatic rings. The van der Waals surface area contributed by atoms with Crippen molar-refractivity contribution in [3.8, 4) is 0 Å². The van der Waals surface area contributed by atoms with Crippen LogP contribution in [0.4, 0.5) is 5.69 Å². The number of fused-ring (bicyclic) bond motifs is 2. The molecule has 3 rings (SSSR count). The van der Waals surface area contributed by atoms with E-state index in [9.17, 15) is 14.4 Å². The van der Waals surface area contributed by atoms with E-state index in [0.29, 0.717) is 72.4 Å². The summed E-state index contributed by atoms with van der Waals surface area (Å²) in [6.07, 6.45) is 4.66. The average molecular weight is 568 g/mol. The third-order valence-electron chi connectivity index (χ3n) is 6.36. The predicted octanol–water partition coefficient (Wildman–Crippen LogP) is 2.80. The number of nitrogens with one attached hydrogen (secondary N) is 2. The largest absolute Gasteiger partial charge is 0.379 e.